The second kappa shape index (κ2) is 5.38. The highest BCUT2D eigenvalue weighted by Gasteiger charge is 2.09. The van der Waals surface area contributed by atoms with Crippen molar-refractivity contribution < 1.29 is 4.52 Å². The molecule has 3 aromatic rings. The van der Waals surface area contributed by atoms with E-state index < -0.39 is 0 Å². The van der Waals surface area contributed by atoms with E-state index in [2.05, 4.69) is 20.4 Å². The standard InChI is InChI=1S/C12H9ClN4OS/c13-8-2-1-3-9(4-8)15-6-11-16-12(17-18-11)10-5-14-7-19-10/h1-5,7,15H,6H2. The molecule has 0 bridgehead atoms. The van der Waals surface area contributed by atoms with Crippen molar-refractivity contribution >= 4 is 28.6 Å². The molecule has 0 spiro atoms. The average molecular weight is 293 g/mol. The van der Waals surface area contributed by atoms with Crippen LogP contribution < -0.4 is 5.32 Å². The number of rotatable bonds is 4. The molecule has 0 fully saturated rings. The predicted octanol–water partition coefficient (Wildman–Crippen LogP) is 3.46. The number of nitrogens with one attached hydrogen (secondary N) is 1. The second-order valence-corrected chi connectivity index (χ2v) is 5.06. The van der Waals surface area contributed by atoms with E-state index in [0.29, 0.717) is 23.3 Å². The van der Waals surface area contributed by atoms with Crippen molar-refractivity contribution in [2.45, 2.75) is 6.54 Å². The lowest BCUT2D eigenvalue weighted by Gasteiger charge is -2.02. The van der Waals surface area contributed by atoms with Crippen molar-refractivity contribution in [3.63, 3.8) is 0 Å². The summed E-state index contributed by atoms with van der Waals surface area (Å²) in [7, 11) is 0. The van der Waals surface area contributed by atoms with Gasteiger partial charge in [0.1, 0.15) is 0 Å². The van der Waals surface area contributed by atoms with E-state index in [1.54, 1.807) is 11.7 Å². The Bertz CT molecular complexity index is 668. The zero-order chi connectivity index (χ0) is 13.1. The van der Waals surface area contributed by atoms with Gasteiger partial charge >= 0.3 is 0 Å². The number of thiazole rings is 1. The van der Waals surface area contributed by atoms with Gasteiger partial charge in [-0.1, -0.05) is 22.8 Å². The molecule has 2 aromatic heterocycles. The predicted molar refractivity (Wildman–Crippen MR) is 74.2 cm³/mol. The quantitative estimate of drug-likeness (QED) is 0.798. The summed E-state index contributed by atoms with van der Waals surface area (Å²) in [5.74, 6) is 1.08. The van der Waals surface area contributed by atoms with Gasteiger partial charge in [0.2, 0.25) is 11.7 Å². The van der Waals surface area contributed by atoms with Gasteiger partial charge in [0, 0.05) is 16.9 Å². The SMILES string of the molecule is Clc1cccc(NCc2nc(-c3cncs3)no2)c1. The average Bonchev–Trinajstić information content (AvgIpc) is 3.07. The molecule has 7 heteroatoms. The summed E-state index contributed by atoms with van der Waals surface area (Å²) in [6, 6.07) is 7.46. The number of hydrogen-bond donors (Lipinski definition) is 1. The van der Waals surface area contributed by atoms with Gasteiger partial charge in [-0.15, -0.1) is 11.3 Å². The molecule has 0 radical (unpaired) electrons. The first-order chi connectivity index (χ1) is 9.31. The monoisotopic (exact) mass is 292 g/mol. The fourth-order valence-electron chi connectivity index (χ4n) is 1.53. The van der Waals surface area contributed by atoms with E-state index in [0.717, 1.165) is 10.6 Å². The molecular weight excluding hydrogens is 284 g/mol. The highest BCUT2D eigenvalue weighted by Crippen LogP contribution is 2.20. The third-order valence-electron chi connectivity index (χ3n) is 2.39. The second-order valence-electron chi connectivity index (χ2n) is 3.74. The minimum Gasteiger partial charge on any atom is -0.376 e. The van der Waals surface area contributed by atoms with Crippen LogP contribution in [0.15, 0.2) is 40.5 Å². The molecule has 0 amide bonds. The van der Waals surface area contributed by atoms with E-state index in [9.17, 15) is 0 Å². The molecule has 0 atom stereocenters. The topological polar surface area (TPSA) is 63.8 Å². The molecule has 0 saturated heterocycles. The molecule has 0 unspecified atom stereocenters. The van der Waals surface area contributed by atoms with Gasteiger partial charge < -0.3 is 9.84 Å². The Morgan fingerprint density at radius 2 is 2.32 bits per heavy atom. The van der Waals surface area contributed by atoms with Crippen LogP contribution in [0.5, 0.6) is 0 Å². The van der Waals surface area contributed by atoms with Crippen LogP contribution in [-0.2, 0) is 6.54 Å². The number of benzene rings is 1. The van der Waals surface area contributed by atoms with E-state index in [1.165, 1.54) is 11.3 Å². The van der Waals surface area contributed by atoms with Crippen LogP contribution >= 0.6 is 22.9 Å². The van der Waals surface area contributed by atoms with Gasteiger partial charge in [-0.3, -0.25) is 4.98 Å². The smallest absolute Gasteiger partial charge is 0.246 e. The van der Waals surface area contributed by atoms with Crippen molar-refractivity contribution in [3.05, 3.63) is 46.9 Å². The minimum absolute atomic E-state index is 0.451. The maximum atomic E-state index is 5.90. The molecule has 0 aliphatic heterocycles. The largest absolute Gasteiger partial charge is 0.376 e. The van der Waals surface area contributed by atoms with Gasteiger partial charge in [-0.2, -0.15) is 4.98 Å². The molecule has 1 N–H and O–H groups in total. The number of anilines is 1. The molecule has 1 aromatic carbocycles. The molecule has 3 rings (SSSR count). The van der Waals surface area contributed by atoms with Gasteiger partial charge in [-0.05, 0) is 18.2 Å². The first-order valence-electron chi connectivity index (χ1n) is 5.52. The van der Waals surface area contributed by atoms with Gasteiger partial charge in [0.05, 0.1) is 16.9 Å². The Kier molecular flexibility index (Phi) is 3.43. The molecule has 0 saturated carbocycles. The Labute approximate surface area is 118 Å². The lowest BCUT2D eigenvalue weighted by molar-refractivity contribution is 0.384. The lowest BCUT2D eigenvalue weighted by atomic mass is 10.3. The Morgan fingerprint density at radius 1 is 1.37 bits per heavy atom. The van der Waals surface area contributed by atoms with Gasteiger partial charge in [0.25, 0.3) is 0 Å². The summed E-state index contributed by atoms with van der Waals surface area (Å²) in [6.07, 6.45) is 1.71. The zero-order valence-corrected chi connectivity index (χ0v) is 11.3. The maximum absolute atomic E-state index is 5.90. The Balaban J connectivity index is 1.68. The fraction of sp³-hybridized carbons (Fsp3) is 0.0833. The summed E-state index contributed by atoms with van der Waals surface area (Å²) >= 11 is 7.37. The van der Waals surface area contributed by atoms with E-state index in [4.69, 9.17) is 16.1 Å². The number of nitrogens with zero attached hydrogens (tertiary/aromatic N) is 3. The van der Waals surface area contributed by atoms with Crippen LogP contribution in [0.2, 0.25) is 5.02 Å². The molecule has 5 nitrogen and oxygen atoms in total. The number of halogens is 1. The first-order valence-corrected chi connectivity index (χ1v) is 6.78. The number of hydrogen-bond acceptors (Lipinski definition) is 6. The zero-order valence-electron chi connectivity index (χ0n) is 9.71. The highest BCUT2D eigenvalue weighted by atomic mass is 35.5. The minimum atomic E-state index is 0.451. The van der Waals surface area contributed by atoms with Crippen LogP contribution in [0.3, 0.4) is 0 Å². The Hall–Kier alpha value is -1.92. The molecular formula is C12H9ClN4OS. The molecule has 96 valence electrons. The summed E-state index contributed by atoms with van der Waals surface area (Å²) in [4.78, 5) is 9.15. The summed E-state index contributed by atoms with van der Waals surface area (Å²) in [5.41, 5.74) is 2.64. The van der Waals surface area contributed by atoms with Crippen LogP contribution in [0, 0.1) is 0 Å². The Morgan fingerprint density at radius 3 is 3.11 bits per heavy atom. The van der Waals surface area contributed by atoms with Crippen molar-refractivity contribution in [2.75, 3.05) is 5.32 Å². The number of aromatic nitrogens is 3. The van der Waals surface area contributed by atoms with Crippen LogP contribution in [0.25, 0.3) is 10.7 Å². The van der Waals surface area contributed by atoms with Crippen molar-refractivity contribution in [3.8, 4) is 10.7 Å². The third kappa shape index (κ3) is 2.91. The summed E-state index contributed by atoms with van der Waals surface area (Å²) in [6.45, 7) is 0.451. The third-order valence-corrected chi connectivity index (χ3v) is 3.39. The van der Waals surface area contributed by atoms with Crippen LogP contribution in [0.4, 0.5) is 5.69 Å². The van der Waals surface area contributed by atoms with Gasteiger partial charge in [-0.25, -0.2) is 0 Å². The highest BCUT2D eigenvalue weighted by molar-refractivity contribution is 7.13. The summed E-state index contributed by atoms with van der Waals surface area (Å²) in [5, 5.41) is 7.76. The maximum Gasteiger partial charge on any atom is 0.246 e. The van der Waals surface area contributed by atoms with Crippen molar-refractivity contribution in [2.24, 2.45) is 0 Å². The van der Waals surface area contributed by atoms with E-state index in [-0.39, 0.29) is 0 Å². The molecule has 0 aliphatic carbocycles. The van der Waals surface area contributed by atoms with E-state index >= 15 is 0 Å². The van der Waals surface area contributed by atoms with Crippen LogP contribution in [-0.4, -0.2) is 15.1 Å². The van der Waals surface area contributed by atoms with Crippen LogP contribution in [0.1, 0.15) is 5.89 Å². The lowest BCUT2D eigenvalue weighted by Crippen LogP contribution is -1.99. The molecule has 2 heterocycles. The van der Waals surface area contributed by atoms with E-state index in [1.807, 2.05) is 24.3 Å². The fourth-order valence-corrected chi connectivity index (χ4v) is 2.26. The molecule has 19 heavy (non-hydrogen) atoms. The normalized spacial score (nSPS) is 10.6. The first kappa shape index (κ1) is 12.1. The van der Waals surface area contributed by atoms with Gasteiger partial charge in [0.15, 0.2) is 0 Å². The molecule has 0 aliphatic rings. The van der Waals surface area contributed by atoms with Crippen molar-refractivity contribution in [1.82, 2.24) is 15.1 Å². The van der Waals surface area contributed by atoms with Crippen molar-refractivity contribution in [1.29, 1.82) is 0 Å². The summed E-state index contributed by atoms with van der Waals surface area (Å²) < 4.78 is 5.16.